The lowest BCUT2D eigenvalue weighted by Gasteiger charge is -2.34. The van der Waals surface area contributed by atoms with E-state index in [0.717, 1.165) is 32.2 Å². The third-order valence-electron chi connectivity index (χ3n) is 4.89. The molecule has 22 heavy (non-hydrogen) atoms. The van der Waals surface area contributed by atoms with Crippen molar-refractivity contribution in [3.63, 3.8) is 0 Å². The van der Waals surface area contributed by atoms with Crippen molar-refractivity contribution in [2.24, 2.45) is 11.7 Å². The van der Waals surface area contributed by atoms with Gasteiger partial charge in [0.1, 0.15) is 0 Å². The number of nitrogens with two attached hydrogens (primary N) is 1. The Morgan fingerprint density at radius 3 is 2.59 bits per heavy atom. The van der Waals surface area contributed by atoms with E-state index in [1.165, 1.54) is 19.3 Å². The second kappa shape index (κ2) is 8.36. The number of carbonyl (C=O) groups excluding carboxylic acids is 2. The number of nitrogens with zero attached hydrogens (tertiary/aromatic N) is 1. The summed E-state index contributed by atoms with van der Waals surface area (Å²) in [5.74, 6) is 0.359. The highest BCUT2D eigenvalue weighted by Crippen LogP contribution is 2.19. The fraction of sp³-hybridized carbons (Fsp3) is 0.875. The molecule has 1 saturated heterocycles. The maximum Gasteiger partial charge on any atom is 0.315 e. The van der Waals surface area contributed by atoms with Crippen molar-refractivity contribution in [2.45, 2.75) is 64.0 Å². The van der Waals surface area contributed by atoms with Gasteiger partial charge in [-0.3, -0.25) is 4.79 Å². The van der Waals surface area contributed by atoms with Gasteiger partial charge in [0.25, 0.3) is 0 Å². The number of nitrogens with one attached hydrogen (secondary N) is 2. The molecule has 4 N–H and O–H groups in total. The molecule has 0 aromatic rings. The van der Waals surface area contributed by atoms with Crippen LogP contribution in [-0.4, -0.2) is 48.6 Å². The van der Waals surface area contributed by atoms with Crippen LogP contribution in [0.15, 0.2) is 0 Å². The quantitative estimate of drug-likeness (QED) is 0.729. The van der Waals surface area contributed by atoms with E-state index in [0.29, 0.717) is 12.5 Å². The summed E-state index contributed by atoms with van der Waals surface area (Å²) in [4.78, 5) is 25.9. The molecule has 0 spiro atoms. The number of likely N-dealkylation sites (tertiary alicyclic amines) is 1. The standard InChI is InChI=1S/C16H30N4O2/c1-12(17)13-6-5-9-20(11-13)15(21)10-18-16(22)19-14-7-3-2-4-8-14/h12-14H,2-11,17H2,1H3,(H2,18,19,22)/t12-,13-/m0/s1. The van der Waals surface area contributed by atoms with Crippen LogP contribution in [0.4, 0.5) is 4.79 Å². The van der Waals surface area contributed by atoms with Crippen molar-refractivity contribution in [3.05, 3.63) is 0 Å². The van der Waals surface area contributed by atoms with E-state index >= 15 is 0 Å². The Kier molecular flexibility index (Phi) is 6.49. The van der Waals surface area contributed by atoms with Gasteiger partial charge in [-0.25, -0.2) is 4.79 Å². The summed E-state index contributed by atoms with van der Waals surface area (Å²) < 4.78 is 0. The molecule has 0 aromatic heterocycles. The van der Waals surface area contributed by atoms with E-state index < -0.39 is 0 Å². The number of rotatable bonds is 4. The molecule has 2 rings (SSSR count). The summed E-state index contributed by atoms with van der Waals surface area (Å²) >= 11 is 0. The molecule has 6 nitrogen and oxygen atoms in total. The Labute approximate surface area is 133 Å². The van der Waals surface area contributed by atoms with Crippen LogP contribution in [0.25, 0.3) is 0 Å². The summed E-state index contributed by atoms with van der Waals surface area (Å²) in [6, 6.07) is 0.153. The predicted molar refractivity (Wildman–Crippen MR) is 86.4 cm³/mol. The van der Waals surface area contributed by atoms with E-state index in [4.69, 9.17) is 5.73 Å². The minimum Gasteiger partial charge on any atom is -0.341 e. The summed E-state index contributed by atoms with van der Waals surface area (Å²) in [6.45, 7) is 3.55. The first kappa shape index (κ1) is 17.1. The smallest absolute Gasteiger partial charge is 0.315 e. The van der Waals surface area contributed by atoms with E-state index in [1.54, 1.807) is 0 Å². The first-order chi connectivity index (χ1) is 10.6. The van der Waals surface area contributed by atoms with Crippen molar-refractivity contribution >= 4 is 11.9 Å². The van der Waals surface area contributed by atoms with Crippen LogP contribution in [0.5, 0.6) is 0 Å². The van der Waals surface area contributed by atoms with Crippen LogP contribution in [0.2, 0.25) is 0 Å². The van der Waals surface area contributed by atoms with Gasteiger partial charge < -0.3 is 21.3 Å². The van der Waals surface area contributed by atoms with E-state index in [2.05, 4.69) is 10.6 Å². The van der Waals surface area contributed by atoms with Crippen LogP contribution >= 0.6 is 0 Å². The Hall–Kier alpha value is -1.30. The lowest BCUT2D eigenvalue weighted by Crippen LogP contribution is -2.50. The zero-order valence-corrected chi connectivity index (χ0v) is 13.6. The molecule has 2 atom stereocenters. The topological polar surface area (TPSA) is 87.5 Å². The molecule has 0 unspecified atom stereocenters. The molecule has 3 amide bonds. The first-order valence-electron chi connectivity index (χ1n) is 8.64. The van der Waals surface area contributed by atoms with E-state index in [9.17, 15) is 9.59 Å². The van der Waals surface area contributed by atoms with Crippen LogP contribution in [0.1, 0.15) is 51.9 Å². The number of urea groups is 1. The Morgan fingerprint density at radius 1 is 1.18 bits per heavy atom. The zero-order chi connectivity index (χ0) is 15.9. The highest BCUT2D eigenvalue weighted by Gasteiger charge is 2.26. The molecule has 2 aliphatic rings. The molecule has 6 heteroatoms. The fourth-order valence-electron chi connectivity index (χ4n) is 3.42. The molecule has 1 heterocycles. The van der Waals surface area contributed by atoms with Gasteiger partial charge in [0.15, 0.2) is 0 Å². The summed E-state index contributed by atoms with van der Waals surface area (Å²) in [7, 11) is 0. The molecule has 2 fully saturated rings. The van der Waals surface area contributed by atoms with Gasteiger partial charge >= 0.3 is 6.03 Å². The second-order valence-electron chi connectivity index (χ2n) is 6.76. The van der Waals surface area contributed by atoms with Gasteiger partial charge in [-0.05, 0) is 38.5 Å². The summed E-state index contributed by atoms with van der Waals surface area (Å²) in [5.41, 5.74) is 5.94. The minimum absolute atomic E-state index is 0.0101. The van der Waals surface area contributed by atoms with Crippen LogP contribution < -0.4 is 16.4 Å². The third kappa shape index (κ3) is 5.16. The Morgan fingerprint density at radius 2 is 1.91 bits per heavy atom. The van der Waals surface area contributed by atoms with Crippen molar-refractivity contribution in [2.75, 3.05) is 19.6 Å². The first-order valence-corrected chi connectivity index (χ1v) is 8.64. The lowest BCUT2D eigenvalue weighted by molar-refractivity contribution is -0.132. The molecular weight excluding hydrogens is 280 g/mol. The molecule has 1 aliphatic carbocycles. The number of hydrogen-bond donors (Lipinski definition) is 3. The van der Waals surface area contributed by atoms with Gasteiger partial charge in [0.2, 0.25) is 5.91 Å². The molecule has 1 aliphatic heterocycles. The van der Waals surface area contributed by atoms with Gasteiger partial charge in [0.05, 0.1) is 6.54 Å². The number of piperidine rings is 1. The van der Waals surface area contributed by atoms with Gasteiger partial charge in [-0.15, -0.1) is 0 Å². The van der Waals surface area contributed by atoms with Gasteiger partial charge in [0, 0.05) is 25.2 Å². The molecule has 0 radical (unpaired) electrons. The Bertz CT molecular complexity index is 380. The molecular formula is C16H30N4O2. The Balaban J connectivity index is 1.69. The average Bonchev–Trinajstić information content (AvgIpc) is 2.53. The van der Waals surface area contributed by atoms with Gasteiger partial charge in [-0.1, -0.05) is 19.3 Å². The predicted octanol–water partition coefficient (Wildman–Crippen LogP) is 1.20. The summed E-state index contributed by atoms with van der Waals surface area (Å²) in [5, 5.41) is 5.66. The lowest BCUT2D eigenvalue weighted by atomic mass is 9.92. The van der Waals surface area contributed by atoms with Crippen molar-refractivity contribution in [3.8, 4) is 0 Å². The van der Waals surface area contributed by atoms with Crippen molar-refractivity contribution in [1.82, 2.24) is 15.5 Å². The normalized spacial score (nSPS) is 24.6. The molecule has 1 saturated carbocycles. The van der Waals surface area contributed by atoms with E-state index in [-0.39, 0.29) is 30.6 Å². The van der Waals surface area contributed by atoms with Crippen LogP contribution in [0.3, 0.4) is 0 Å². The fourth-order valence-corrected chi connectivity index (χ4v) is 3.42. The number of hydrogen-bond acceptors (Lipinski definition) is 3. The van der Waals surface area contributed by atoms with E-state index in [1.807, 2.05) is 11.8 Å². The summed E-state index contributed by atoms with van der Waals surface area (Å²) in [6.07, 6.45) is 7.77. The van der Waals surface area contributed by atoms with Crippen molar-refractivity contribution < 1.29 is 9.59 Å². The second-order valence-corrected chi connectivity index (χ2v) is 6.76. The average molecular weight is 310 g/mol. The van der Waals surface area contributed by atoms with Crippen LogP contribution in [0, 0.1) is 5.92 Å². The largest absolute Gasteiger partial charge is 0.341 e. The SMILES string of the molecule is C[C@H](N)[C@H]1CCCN(C(=O)CNC(=O)NC2CCCCC2)C1. The highest BCUT2D eigenvalue weighted by atomic mass is 16.2. The molecule has 0 bridgehead atoms. The monoisotopic (exact) mass is 310 g/mol. The zero-order valence-electron chi connectivity index (χ0n) is 13.6. The number of amides is 3. The minimum atomic E-state index is -0.221. The van der Waals surface area contributed by atoms with Crippen molar-refractivity contribution in [1.29, 1.82) is 0 Å². The maximum atomic E-state index is 12.2. The van der Waals surface area contributed by atoms with Crippen LogP contribution in [-0.2, 0) is 4.79 Å². The van der Waals surface area contributed by atoms with Gasteiger partial charge in [-0.2, -0.15) is 0 Å². The number of carbonyl (C=O) groups is 2. The maximum absolute atomic E-state index is 12.2. The highest BCUT2D eigenvalue weighted by molar-refractivity contribution is 5.84. The molecule has 126 valence electrons. The molecule has 0 aromatic carbocycles. The third-order valence-corrected chi connectivity index (χ3v) is 4.89.